The summed E-state index contributed by atoms with van der Waals surface area (Å²) in [6, 6.07) is 14.7. The summed E-state index contributed by atoms with van der Waals surface area (Å²) in [7, 11) is 0. The average molecular weight is 493 g/mol. The molecule has 4 aromatic rings. The number of hydrogen-bond donors (Lipinski definition) is 1. The molecule has 1 aromatic heterocycles. The number of anilines is 1. The molecule has 176 valence electrons. The molecule has 1 atom stereocenters. The highest BCUT2D eigenvalue weighted by Crippen LogP contribution is 2.44. The predicted molar refractivity (Wildman–Crippen MR) is 128 cm³/mol. The summed E-state index contributed by atoms with van der Waals surface area (Å²) in [5.74, 6) is -2.55. The number of nitrogens with zero attached hydrogens (tertiary/aromatic N) is 2. The molecule has 9 heteroatoms. The lowest BCUT2D eigenvalue weighted by Crippen LogP contribution is -2.29. The van der Waals surface area contributed by atoms with Gasteiger partial charge in [-0.05, 0) is 67.1 Å². The highest BCUT2D eigenvalue weighted by Gasteiger charge is 2.48. The number of ether oxygens (including phenoxy) is 1. The molecule has 6 nitrogen and oxygen atoms in total. The van der Waals surface area contributed by atoms with Gasteiger partial charge in [-0.3, -0.25) is 14.5 Å². The van der Waals surface area contributed by atoms with Crippen molar-refractivity contribution in [3.63, 3.8) is 0 Å². The standard InChI is InChI=1S/C26H18F2N2O4S/c1-2-34-18-10-5-15(6-11-18)23(31)21-22(14-3-7-16(27)8-4-14)30(25(33)24(21)32)26-29-19-12-9-17(28)13-20(19)35-26/h3-13,22,31H,2H2,1H3/t22-/m1/s1. The molecule has 1 saturated heterocycles. The Morgan fingerprint density at radius 1 is 1.03 bits per heavy atom. The number of carbonyl (C=O) groups is 2. The fourth-order valence-electron chi connectivity index (χ4n) is 4.01. The van der Waals surface area contributed by atoms with Gasteiger partial charge in [0.15, 0.2) is 5.13 Å². The van der Waals surface area contributed by atoms with Crippen LogP contribution in [0, 0.1) is 11.6 Å². The van der Waals surface area contributed by atoms with Crippen LogP contribution >= 0.6 is 11.3 Å². The van der Waals surface area contributed by atoms with Crippen LogP contribution in [0.5, 0.6) is 5.75 Å². The van der Waals surface area contributed by atoms with E-state index in [1.165, 1.54) is 42.5 Å². The molecule has 0 aliphatic carbocycles. The van der Waals surface area contributed by atoms with E-state index in [0.717, 1.165) is 16.2 Å². The zero-order chi connectivity index (χ0) is 24.7. The minimum absolute atomic E-state index is 0.156. The van der Waals surface area contributed by atoms with Crippen LogP contribution in [0.2, 0.25) is 0 Å². The fourth-order valence-corrected chi connectivity index (χ4v) is 5.03. The van der Waals surface area contributed by atoms with Crippen LogP contribution in [-0.4, -0.2) is 28.4 Å². The van der Waals surface area contributed by atoms with Crippen molar-refractivity contribution >= 4 is 44.1 Å². The van der Waals surface area contributed by atoms with Gasteiger partial charge in [0.1, 0.15) is 23.1 Å². The highest BCUT2D eigenvalue weighted by molar-refractivity contribution is 7.22. The van der Waals surface area contributed by atoms with E-state index in [1.807, 2.05) is 6.92 Å². The molecule has 5 rings (SSSR count). The zero-order valence-corrected chi connectivity index (χ0v) is 19.2. The van der Waals surface area contributed by atoms with Crippen LogP contribution in [0.4, 0.5) is 13.9 Å². The SMILES string of the molecule is CCOc1ccc(C(O)=C2C(=O)C(=O)N(c3nc4ccc(F)cc4s3)[C@@H]2c2ccc(F)cc2)cc1. The van der Waals surface area contributed by atoms with E-state index in [0.29, 0.717) is 33.7 Å². The van der Waals surface area contributed by atoms with Crippen LogP contribution in [0.25, 0.3) is 16.0 Å². The first-order valence-corrected chi connectivity index (χ1v) is 11.5. The Morgan fingerprint density at radius 3 is 2.40 bits per heavy atom. The lowest BCUT2D eigenvalue weighted by atomic mass is 9.95. The van der Waals surface area contributed by atoms with Gasteiger partial charge < -0.3 is 9.84 Å². The Hall–Kier alpha value is -4.11. The van der Waals surface area contributed by atoms with Crippen LogP contribution in [0.1, 0.15) is 24.1 Å². The third-order valence-corrected chi connectivity index (χ3v) is 6.63. The molecule has 35 heavy (non-hydrogen) atoms. The first kappa shape index (κ1) is 22.7. The van der Waals surface area contributed by atoms with Crippen molar-refractivity contribution in [1.29, 1.82) is 0 Å². The lowest BCUT2D eigenvalue weighted by molar-refractivity contribution is -0.132. The summed E-state index contributed by atoms with van der Waals surface area (Å²) in [4.78, 5) is 32.0. The monoisotopic (exact) mass is 492 g/mol. The second-order valence-electron chi connectivity index (χ2n) is 7.79. The van der Waals surface area contributed by atoms with Gasteiger partial charge in [0.2, 0.25) is 0 Å². The van der Waals surface area contributed by atoms with Gasteiger partial charge in [0, 0.05) is 5.56 Å². The van der Waals surface area contributed by atoms with Crippen molar-refractivity contribution in [2.75, 3.05) is 11.5 Å². The number of amides is 1. The number of benzene rings is 3. The molecule has 2 heterocycles. The number of aliphatic hydroxyl groups is 1. The number of aromatic nitrogens is 1. The maximum Gasteiger partial charge on any atom is 0.301 e. The van der Waals surface area contributed by atoms with Gasteiger partial charge in [-0.25, -0.2) is 13.8 Å². The third kappa shape index (κ3) is 4.04. The number of aliphatic hydroxyl groups excluding tert-OH is 1. The number of carbonyl (C=O) groups excluding carboxylic acids is 2. The van der Waals surface area contributed by atoms with Gasteiger partial charge in [-0.1, -0.05) is 23.5 Å². The second-order valence-corrected chi connectivity index (χ2v) is 8.80. The number of thiazole rings is 1. The molecule has 1 aliphatic rings. The molecule has 0 saturated carbocycles. The summed E-state index contributed by atoms with van der Waals surface area (Å²) < 4.78 is 33.3. The number of hydrogen-bond acceptors (Lipinski definition) is 6. The van der Waals surface area contributed by atoms with Crippen molar-refractivity contribution in [2.24, 2.45) is 0 Å². The van der Waals surface area contributed by atoms with Crippen LogP contribution < -0.4 is 9.64 Å². The maximum atomic E-state index is 13.7. The van der Waals surface area contributed by atoms with Gasteiger partial charge in [-0.15, -0.1) is 0 Å². The number of rotatable bonds is 5. The topological polar surface area (TPSA) is 79.7 Å². The van der Waals surface area contributed by atoms with Gasteiger partial charge in [0.05, 0.1) is 28.4 Å². The normalized spacial score (nSPS) is 17.3. The van der Waals surface area contributed by atoms with Crippen molar-refractivity contribution in [3.05, 3.63) is 95.1 Å². The summed E-state index contributed by atoms with van der Waals surface area (Å²) in [6.45, 7) is 2.31. The van der Waals surface area contributed by atoms with Crippen molar-refractivity contribution in [1.82, 2.24) is 4.98 Å². The first-order chi connectivity index (χ1) is 16.9. The molecule has 0 radical (unpaired) electrons. The van der Waals surface area contributed by atoms with E-state index < -0.39 is 29.4 Å². The third-order valence-electron chi connectivity index (χ3n) is 5.61. The number of halogens is 2. The molecule has 1 amide bonds. The van der Waals surface area contributed by atoms with E-state index in [2.05, 4.69) is 4.98 Å². The Kier molecular flexibility index (Phi) is 5.78. The Balaban J connectivity index is 1.68. The average Bonchev–Trinajstić information content (AvgIpc) is 3.37. The quantitative estimate of drug-likeness (QED) is 0.223. The van der Waals surface area contributed by atoms with Gasteiger partial charge >= 0.3 is 5.91 Å². The first-order valence-electron chi connectivity index (χ1n) is 10.7. The van der Waals surface area contributed by atoms with Gasteiger partial charge in [0.25, 0.3) is 5.78 Å². The highest BCUT2D eigenvalue weighted by atomic mass is 32.1. The van der Waals surface area contributed by atoms with E-state index in [9.17, 15) is 23.5 Å². The molecule has 0 bridgehead atoms. The summed E-state index contributed by atoms with van der Waals surface area (Å²) in [5.41, 5.74) is 1.02. The molecule has 1 aliphatic heterocycles. The smallest absolute Gasteiger partial charge is 0.301 e. The van der Waals surface area contributed by atoms with Crippen LogP contribution in [0.15, 0.2) is 72.3 Å². The van der Waals surface area contributed by atoms with E-state index in [4.69, 9.17) is 4.74 Å². The summed E-state index contributed by atoms with van der Waals surface area (Å²) >= 11 is 1.04. The van der Waals surface area contributed by atoms with E-state index in [-0.39, 0.29) is 16.5 Å². The Bertz CT molecular complexity index is 1480. The summed E-state index contributed by atoms with van der Waals surface area (Å²) in [5, 5.41) is 11.3. The van der Waals surface area contributed by atoms with Crippen molar-refractivity contribution < 1.29 is 28.2 Å². The van der Waals surface area contributed by atoms with Gasteiger partial charge in [-0.2, -0.15) is 0 Å². The Labute approximate surface area is 202 Å². The molecule has 3 aromatic carbocycles. The van der Waals surface area contributed by atoms with Crippen molar-refractivity contribution in [3.8, 4) is 5.75 Å². The minimum Gasteiger partial charge on any atom is -0.507 e. The number of Topliss-reactive ketones (excluding diaryl/α,β-unsaturated/α-hetero) is 1. The number of fused-ring (bicyclic) bond motifs is 1. The van der Waals surface area contributed by atoms with E-state index >= 15 is 0 Å². The zero-order valence-electron chi connectivity index (χ0n) is 18.4. The second kappa shape index (κ2) is 8.92. The Morgan fingerprint density at radius 2 is 1.71 bits per heavy atom. The van der Waals surface area contributed by atoms with Crippen molar-refractivity contribution in [2.45, 2.75) is 13.0 Å². The molecule has 0 unspecified atom stereocenters. The largest absolute Gasteiger partial charge is 0.507 e. The molecule has 0 spiro atoms. The fraction of sp³-hybridized carbons (Fsp3) is 0.115. The molecule has 1 N–H and O–H groups in total. The molecular weight excluding hydrogens is 474 g/mol. The molecule has 1 fully saturated rings. The number of ketones is 1. The van der Waals surface area contributed by atoms with Crippen LogP contribution in [-0.2, 0) is 9.59 Å². The predicted octanol–water partition coefficient (Wildman–Crippen LogP) is 5.60. The molecular formula is C26H18F2N2O4S. The minimum atomic E-state index is -1.06. The summed E-state index contributed by atoms with van der Waals surface area (Å²) in [6.07, 6.45) is 0. The van der Waals surface area contributed by atoms with Crippen LogP contribution in [0.3, 0.4) is 0 Å². The van der Waals surface area contributed by atoms with E-state index in [1.54, 1.807) is 24.3 Å². The maximum absolute atomic E-state index is 13.7. The lowest BCUT2D eigenvalue weighted by Gasteiger charge is -2.23.